The predicted octanol–water partition coefficient (Wildman–Crippen LogP) is 3.02. The van der Waals surface area contributed by atoms with E-state index in [1.807, 2.05) is 13.0 Å². The molecule has 0 bridgehead atoms. The second kappa shape index (κ2) is 6.98. The van der Waals surface area contributed by atoms with Gasteiger partial charge in [0, 0.05) is 14.1 Å². The summed E-state index contributed by atoms with van der Waals surface area (Å²) in [6.45, 7) is 2.21. The van der Waals surface area contributed by atoms with Crippen molar-refractivity contribution in [3.05, 3.63) is 46.0 Å². The zero-order valence-electron chi connectivity index (χ0n) is 12.5. The summed E-state index contributed by atoms with van der Waals surface area (Å²) in [6, 6.07) is 4.85. The largest absolute Gasteiger partial charge is 0.331 e. The van der Waals surface area contributed by atoms with Gasteiger partial charge in [-0.05, 0) is 18.6 Å². The van der Waals surface area contributed by atoms with Crippen LogP contribution in [0, 0.1) is 0 Å². The van der Waals surface area contributed by atoms with Crippen molar-refractivity contribution < 1.29 is 4.79 Å². The quantitative estimate of drug-likeness (QED) is 0.929. The average molecular weight is 342 g/mol. The number of amides is 2. The number of hydrogen-bond acceptors (Lipinski definition) is 3. The van der Waals surface area contributed by atoms with E-state index in [4.69, 9.17) is 23.2 Å². The first-order chi connectivity index (χ1) is 10.4. The van der Waals surface area contributed by atoms with Gasteiger partial charge in [0.1, 0.15) is 12.2 Å². The first-order valence-electron chi connectivity index (χ1n) is 6.68. The van der Waals surface area contributed by atoms with Crippen molar-refractivity contribution in [2.45, 2.75) is 19.5 Å². The number of nitrogens with one attached hydrogen (secondary N) is 1. The normalized spacial score (nSPS) is 12.0. The average Bonchev–Trinajstić information content (AvgIpc) is 2.87. The summed E-state index contributed by atoms with van der Waals surface area (Å²) in [5.74, 6) is 0.700. The molecule has 22 heavy (non-hydrogen) atoms. The van der Waals surface area contributed by atoms with E-state index in [-0.39, 0.29) is 12.1 Å². The van der Waals surface area contributed by atoms with Gasteiger partial charge < -0.3 is 10.2 Å². The number of carbonyl (C=O) groups excluding carboxylic acids is 1. The van der Waals surface area contributed by atoms with E-state index >= 15 is 0 Å². The van der Waals surface area contributed by atoms with Crippen LogP contribution in [0.2, 0.25) is 10.0 Å². The molecule has 6 nitrogen and oxygen atoms in total. The number of aromatic nitrogens is 3. The van der Waals surface area contributed by atoms with E-state index in [0.29, 0.717) is 22.4 Å². The number of carbonyl (C=O) groups is 1. The summed E-state index contributed by atoms with van der Waals surface area (Å²) in [5.41, 5.74) is 0.773. The molecular formula is C14H17Cl2N5O. The van der Waals surface area contributed by atoms with Crippen molar-refractivity contribution >= 4 is 29.2 Å². The van der Waals surface area contributed by atoms with Gasteiger partial charge in [-0.3, -0.25) is 4.68 Å². The molecule has 2 amide bonds. The minimum Gasteiger partial charge on any atom is -0.331 e. The van der Waals surface area contributed by atoms with E-state index < -0.39 is 0 Å². The fourth-order valence-electron chi connectivity index (χ4n) is 1.98. The number of urea groups is 1. The predicted molar refractivity (Wildman–Crippen MR) is 85.9 cm³/mol. The fraction of sp³-hybridized carbons (Fsp3) is 0.357. The lowest BCUT2D eigenvalue weighted by Crippen LogP contribution is -2.38. The van der Waals surface area contributed by atoms with Gasteiger partial charge in [0.2, 0.25) is 0 Å². The molecule has 0 fully saturated rings. The molecule has 118 valence electrons. The van der Waals surface area contributed by atoms with Crippen LogP contribution in [0.3, 0.4) is 0 Å². The number of halogens is 2. The number of hydrogen-bond donors (Lipinski definition) is 1. The summed E-state index contributed by atoms with van der Waals surface area (Å²) in [4.78, 5) is 17.9. The molecule has 0 saturated carbocycles. The first kappa shape index (κ1) is 16.6. The topological polar surface area (TPSA) is 63.1 Å². The molecule has 0 radical (unpaired) electrons. The maximum Gasteiger partial charge on any atom is 0.318 e. The lowest BCUT2D eigenvalue weighted by atomic mass is 10.1. The van der Waals surface area contributed by atoms with E-state index in [9.17, 15) is 4.79 Å². The highest BCUT2D eigenvalue weighted by Gasteiger charge is 2.17. The summed E-state index contributed by atoms with van der Waals surface area (Å²) in [7, 11) is 3.47. The van der Waals surface area contributed by atoms with Crippen LogP contribution < -0.4 is 5.32 Å². The number of benzene rings is 1. The van der Waals surface area contributed by atoms with Gasteiger partial charge in [-0.25, -0.2) is 9.78 Å². The van der Waals surface area contributed by atoms with Gasteiger partial charge in [-0.1, -0.05) is 35.3 Å². The monoisotopic (exact) mass is 341 g/mol. The molecule has 0 aliphatic heterocycles. The standard InChI is InChI=1S/C14H17Cl2N5O/c1-9(10-5-4-6-11(15)13(10)16)19-14(22)20(2)7-12-17-8-18-21(12)3/h4-6,8-9H,7H2,1-3H3,(H,19,22)/t9-/m0/s1. The summed E-state index contributed by atoms with van der Waals surface area (Å²) in [5, 5.41) is 7.77. The van der Waals surface area contributed by atoms with Crippen molar-refractivity contribution in [2.75, 3.05) is 7.05 Å². The Morgan fingerprint density at radius 2 is 2.18 bits per heavy atom. The van der Waals surface area contributed by atoms with Crippen LogP contribution in [0.15, 0.2) is 24.5 Å². The highest BCUT2D eigenvalue weighted by atomic mass is 35.5. The Morgan fingerprint density at radius 3 is 2.82 bits per heavy atom. The minimum absolute atomic E-state index is 0.230. The number of rotatable bonds is 4. The van der Waals surface area contributed by atoms with Crippen LogP contribution in [0.25, 0.3) is 0 Å². The van der Waals surface area contributed by atoms with Crippen molar-refractivity contribution in [2.24, 2.45) is 7.05 Å². The van der Waals surface area contributed by atoms with Crippen LogP contribution in [-0.4, -0.2) is 32.7 Å². The molecule has 0 unspecified atom stereocenters. The smallest absolute Gasteiger partial charge is 0.318 e. The Labute approximate surface area is 139 Å². The van der Waals surface area contributed by atoms with Crippen LogP contribution in [-0.2, 0) is 13.6 Å². The van der Waals surface area contributed by atoms with Gasteiger partial charge in [-0.2, -0.15) is 5.10 Å². The Bertz CT molecular complexity index is 673. The second-order valence-corrected chi connectivity index (χ2v) is 5.76. The van der Waals surface area contributed by atoms with E-state index in [1.165, 1.54) is 11.2 Å². The Morgan fingerprint density at radius 1 is 1.45 bits per heavy atom. The molecule has 1 atom stereocenters. The van der Waals surface area contributed by atoms with Gasteiger partial charge in [0.15, 0.2) is 0 Å². The molecule has 0 aliphatic rings. The molecule has 0 spiro atoms. The highest BCUT2D eigenvalue weighted by Crippen LogP contribution is 2.29. The molecule has 0 saturated heterocycles. The van der Waals surface area contributed by atoms with Crippen LogP contribution in [0.5, 0.6) is 0 Å². The molecule has 2 aromatic rings. The first-order valence-corrected chi connectivity index (χ1v) is 7.44. The zero-order chi connectivity index (χ0) is 16.3. The fourth-order valence-corrected chi connectivity index (χ4v) is 2.45. The Kier molecular flexibility index (Phi) is 5.26. The van der Waals surface area contributed by atoms with Gasteiger partial charge in [-0.15, -0.1) is 0 Å². The molecule has 1 N–H and O–H groups in total. The number of nitrogens with zero attached hydrogens (tertiary/aromatic N) is 4. The summed E-state index contributed by atoms with van der Waals surface area (Å²) in [6.07, 6.45) is 1.45. The third-order valence-corrected chi connectivity index (χ3v) is 4.15. The zero-order valence-corrected chi connectivity index (χ0v) is 14.1. The lowest BCUT2D eigenvalue weighted by Gasteiger charge is -2.22. The van der Waals surface area contributed by atoms with Gasteiger partial charge in [0.05, 0.1) is 22.6 Å². The molecule has 8 heteroatoms. The maximum absolute atomic E-state index is 12.2. The third-order valence-electron chi connectivity index (χ3n) is 3.32. The molecule has 1 heterocycles. The molecule has 1 aromatic heterocycles. The summed E-state index contributed by atoms with van der Waals surface area (Å²) >= 11 is 12.2. The molecular weight excluding hydrogens is 325 g/mol. The van der Waals surface area contributed by atoms with Gasteiger partial charge in [0.25, 0.3) is 0 Å². The lowest BCUT2D eigenvalue weighted by molar-refractivity contribution is 0.202. The molecule has 1 aromatic carbocycles. The Balaban J connectivity index is 2.01. The second-order valence-electron chi connectivity index (χ2n) is 4.97. The van der Waals surface area contributed by atoms with Crippen LogP contribution in [0.4, 0.5) is 4.79 Å². The Hall–Kier alpha value is -1.79. The van der Waals surface area contributed by atoms with E-state index in [2.05, 4.69) is 15.4 Å². The highest BCUT2D eigenvalue weighted by molar-refractivity contribution is 6.42. The van der Waals surface area contributed by atoms with Crippen molar-refractivity contribution in [3.8, 4) is 0 Å². The SMILES string of the molecule is C[C@H](NC(=O)N(C)Cc1ncnn1C)c1cccc(Cl)c1Cl. The molecule has 0 aliphatic carbocycles. The van der Waals surface area contributed by atoms with Crippen LogP contribution >= 0.6 is 23.2 Å². The third kappa shape index (κ3) is 3.69. The summed E-state index contributed by atoms with van der Waals surface area (Å²) < 4.78 is 1.63. The van der Waals surface area contributed by atoms with Gasteiger partial charge >= 0.3 is 6.03 Å². The van der Waals surface area contributed by atoms with Crippen molar-refractivity contribution in [1.82, 2.24) is 25.0 Å². The van der Waals surface area contributed by atoms with E-state index in [1.54, 1.807) is 30.9 Å². The van der Waals surface area contributed by atoms with Crippen molar-refractivity contribution in [3.63, 3.8) is 0 Å². The maximum atomic E-state index is 12.2. The van der Waals surface area contributed by atoms with E-state index in [0.717, 1.165) is 5.56 Å². The van der Waals surface area contributed by atoms with Crippen LogP contribution in [0.1, 0.15) is 24.4 Å². The minimum atomic E-state index is -0.263. The molecule has 2 rings (SSSR count). The number of aryl methyl sites for hydroxylation is 1. The van der Waals surface area contributed by atoms with Crippen molar-refractivity contribution in [1.29, 1.82) is 0 Å².